The van der Waals surface area contributed by atoms with Crippen LogP contribution in [0.15, 0.2) is 72.9 Å². The van der Waals surface area contributed by atoms with Gasteiger partial charge in [0.2, 0.25) is 0 Å². The molecule has 2 N–H and O–H groups in total. The van der Waals surface area contributed by atoms with E-state index in [1.807, 2.05) is 0 Å². The first-order chi connectivity index (χ1) is 15.0. The summed E-state index contributed by atoms with van der Waals surface area (Å²) >= 11 is 0. The molecule has 0 unspecified atom stereocenters. The van der Waals surface area contributed by atoms with E-state index in [-0.39, 0.29) is 13.0 Å². The van der Waals surface area contributed by atoms with Gasteiger partial charge in [-0.1, -0.05) is 30.3 Å². The summed E-state index contributed by atoms with van der Waals surface area (Å²) in [5.74, 6) is -0.951. The van der Waals surface area contributed by atoms with E-state index in [1.165, 1.54) is 42.6 Å². The SMILES string of the molecule is NCC(Cc1ccccn1)(c1cccc(OC(F)(F)F)c1)c1cccc(OC(F)(F)F)c1. The number of nitrogens with two attached hydrogens (primary N) is 1. The second-order valence-electron chi connectivity index (χ2n) is 6.94. The molecule has 0 aliphatic rings. The van der Waals surface area contributed by atoms with Gasteiger partial charge in [-0.2, -0.15) is 0 Å². The lowest BCUT2D eigenvalue weighted by atomic mass is 9.71. The maximum absolute atomic E-state index is 12.8. The first-order valence-electron chi connectivity index (χ1n) is 9.33. The Morgan fingerprint density at radius 3 is 1.66 bits per heavy atom. The van der Waals surface area contributed by atoms with Crippen molar-refractivity contribution in [1.29, 1.82) is 0 Å². The average Bonchev–Trinajstić information content (AvgIpc) is 2.71. The first-order valence-corrected chi connectivity index (χ1v) is 9.33. The number of pyridine rings is 1. The molecule has 3 aromatic rings. The van der Waals surface area contributed by atoms with Crippen LogP contribution in [0.3, 0.4) is 0 Å². The van der Waals surface area contributed by atoms with Gasteiger partial charge >= 0.3 is 12.7 Å². The Balaban J connectivity index is 2.14. The monoisotopic (exact) mass is 456 g/mol. The molecule has 170 valence electrons. The van der Waals surface area contributed by atoms with Crippen molar-refractivity contribution in [2.75, 3.05) is 6.54 Å². The van der Waals surface area contributed by atoms with Crippen LogP contribution in [-0.4, -0.2) is 24.3 Å². The summed E-state index contributed by atoms with van der Waals surface area (Å²) in [6, 6.07) is 15.5. The van der Waals surface area contributed by atoms with Gasteiger partial charge < -0.3 is 15.2 Å². The van der Waals surface area contributed by atoms with E-state index in [9.17, 15) is 26.3 Å². The lowest BCUT2D eigenvalue weighted by Crippen LogP contribution is -2.39. The number of benzene rings is 2. The molecule has 1 aromatic heterocycles. The van der Waals surface area contributed by atoms with Crippen LogP contribution in [0.25, 0.3) is 0 Å². The summed E-state index contributed by atoms with van der Waals surface area (Å²) in [5, 5.41) is 0. The highest BCUT2D eigenvalue weighted by atomic mass is 19.4. The van der Waals surface area contributed by atoms with Gasteiger partial charge in [-0.15, -0.1) is 26.3 Å². The molecule has 0 bridgehead atoms. The lowest BCUT2D eigenvalue weighted by molar-refractivity contribution is -0.275. The van der Waals surface area contributed by atoms with Crippen molar-refractivity contribution in [2.24, 2.45) is 5.73 Å². The molecule has 0 amide bonds. The molecule has 2 aromatic carbocycles. The lowest BCUT2D eigenvalue weighted by Gasteiger charge is -2.34. The second-order valence-corrected chi connectivity index (χ2v) is 6.94. The third kappa shape index (κ3) is 5.91. The highest BCUT2D eigenvalue weighted by Gasteiger charge is 2.37. The van der Waals surface area contributed by atoms with E-state index in [0.29, 0.717) is 16.8 Å². The third-order valence-corrected chi connectivity index (χ3v) is 4.80. The van der Waals surface area contributed by atoms with Crippen LogP contribution in [0.1, 0.15) is 16.8 Å². The molecule has 32 heavy (non-hydrogen) atoms. The molecule has 0 fully saturated rings. The number of nitrogens with zero attached hydrogens (tertiary/aromatic N) is 1. The van der Waals surface area contributed by atoms with Crippen molar-refractivity contribution in [2.45, 2.75) is 24.6 Å². The smallest absolute Gasteiger partial charge is 0.406 e. The van der Waals surface area contributed by atoms with Crippen molar-refractivity contribution in [3.63, 3.8) is 0 Å². The number of aromatic nitrogens is 1. The Morgan fingerprint density at radius 1 is 0.719 bits per heavy atom. The van der Waals surface area contributed by atoms with Gasteiger partial charge in [0.15, 0.2) is 0 Å². The minimum absolute atomic E-state index is 0.106. The molecule has 0 atom stereocenters. The van der Waals surface area contributed by atoms with Crippen molar-refractivity contribution in [1.82, 2.24) is 4.98 Å². The van der Waals surface area contributed by atoms with Gasteiger partial charge in [-0.05, 0) is 47.5 Å². The summed E-state index contributed by atoms with van der Waals surface area (Å²) < 4.78 is 84.6. The van der Waals surface area contributed by atoms with E-state index in [2.05, 4.69) is 14.5 Å². The van der Waals surface area contributed by atoms with Crippen LogP contribution in [0.5, 0.6) is 11.5 Å². The molecular formula is C22H18F6N2O2. The summed E-state index contributed by atoms with van der Waals surface area (Å²) in [6.45, 7) is -0.144. The second kappa shape index (κ2) is 9.07. The van der Waals surface area contributed by atoms with Gasteiger partial charge in [0, 0.05) is 30.3 Å². The third-order valence-electron chi connectivity index (χ3n) is 4.80. The Labute approximate surface area is 179 Å². The molecular weight excluding hydrogens is 438 g/mol. The largest absolute Gasteiger partial charge is 0.573 e. The zero-order valence-corrected chi connectivity index (χ0v) is 16.5. The summed E-state index contributed by atoms with van der Waals surface area (Å²) in [6.07, 6.45) is -8.19. The Bertz CT molecular complexity index is 979. The molecule has 0 aliphatic carbocycles. The minimum Gasteiger partial charge on any atom is -0.406 e. The number of ether oxygens (including phenoxy) is 2. The predicted octanol–water partition coefficient (Wildman–Crippen LogP) is 5.37. The Kier molecular flexibility index (Phi) is 6.63. The molecule has 0 radical (unpaired) electrons. The van der Waals surface area contributed by atoms with Crippen LogP contribution < -0.4 is 15.2 Å². The number of hydrogen-bond donors (Lipinski definition) is 1. The van der Waals surface area contributed by atoms with Gasteiger partial charge in [-0.3, -0.25) is 4.98 Å². The molecule has 10 heteroatoms. The zero-order valence-electron chi connectivity index (χ0n) is 16.5. The molecule has 3 rings (SSSR count). The molecule has 0 aliphatic heterocycles. The van der Waals surface area contributed by atoms with Crippen molar-refractivity contribution < 1.29 is 35.8 Å². The average molecular weight is 456 g/mol. The van der Waals surface area contributed by atoms with E-state index < -0.39 is 29.6 Å². The molecule has 0 spiro atoms. The summed E-state index contributed by atoms with van der Waals surface area (Å²) in [4.78, 5) is 4.25. The molecule has 0 saturated heterocycles. The maximum atomic E-state index is 12.8. The summed E-state index contributed by atoms with van der Waals surface area (Å²) in [7, 11) is 0. The fourth-order valence-electron chi connectivity index (χ4n) is 3.47. The fraction of sp³-hybridized carbons (Fsp3) is 0.227. The van der Waals surface area contributed by atoms with Crippen molar-refractivity contribution in [3.8, 4) is 11.5 Å². The van der Waals surface area contributed by atoms with E-state index in [4.69, 9.17) is 5.73 Å². The van der Waals surface area contributed by atoms with E-state index >= 15 is 0 Å². The Morgan fingerprint density at radius 2 is 1.25 bits per heavy atom. The standard InChI is InChI=1S/C22H18F6N2O2/c23-21(24,25)31-18-8-3-5-15(11-18)20(14-29,13-17-7-1-2-10-30-17)16-6-4-9-19(12-16)32-22(26,27)28/h1-12H,13-14,29H2. The topological polar surface area (TPSA) is 57.4 Å². The first kappa shape index (κ1) is 23.4. The maximum Gasteiger partial charge on any atom is 0.573 e. The number of hydrogen-bond acceptors (Lipinski definition) is 4. The minimum atomic E-state index is -4.91. The van der Waals surface area contributed by atoms with Crippen LogP contribution in [0.4, 0.5) is 26.3 Å². The van der Waals surface area contributed by atoms with E-state index in [0.717, 1.165) is 12.1 Å². The summed E-state index contributed by atoms with van der Waals surface area (Å²) in [5.41, 5.74) is 6.08. The van der Waals surface area contributed by atoms with E-state index in [1.54, 1.807) is 18.2 Å². The molecule has 1 heterocycles. The van der Waals surface area contributed by atoms with Gasteiger partial charge in [-0.25, -0.2) is 0 Å². The van der Waals surface area contributed by atoms with Gasteiger partial charge in [0.1, 0.15) is 11.5 Å². The van der Waals surface area contributed by atoms with Gasteiger partial charge in [0.25, 0.3) is 0 Å². The quantitative estimate of drug-likeness (QED) is 0.486. The van der Waals surface area contributed by atoms with Crippen LogP contribution in [-0.2, 0) is 11.8 Å². The van der Waals surface area contributed by atoms with Crippen molar-refractivity contribution >= 4 is 0 Å². The predicted molar refractivity (Wildman–Crippen MR) is 104 cm³/mol. The Hall–Kier alpha value is -3.27. The normalized spacial score (nSPS) is 12.5. The zero-order chi connectivity index (χ0) is 23.4. The molecule has 0 saturated carbocycles. The highest BCUT2D eigenvalue weighted by Crippen LogP contribution is 2.39. The van der Waals surface area contributed by atoms with Crippen LogP contribution >= 0.6 is 0 Å². The van der Waals surface area contributed by atoms with Crippen LogP contribution in [0.2, 0.25) is 0 Å². The van der Waals surface area contributed by atoms with Gasteiger partial charge in [0.05, 0.1) is 0 Å². The number of alkyl halides is 6. The number of rotatable bonds is 7. The molecule has 4 nitrogen and oxygen atoms in total. The van der Waals surface area contributed by atoms with Crippen LogP contribution in [0, 0.1) is 0 Å². The highest BCUT2D eigenvalue weighted by molar-refractivity contribution is 5.46. The number of halogens is 6. The fourth-order valence-corrected chi connectivity index (χ4v) is 3.47. The van der Waals surface area contributed by atoms with Crippen molar-refractivity contribution in [3.05, 3.63) is 89.7 Å².